The average Bonchev–Trinajstić information content (AvgIpc) is 2.81. The van der Waals surface area contributed by atoms with Gasteiger partial charge in [0.05, 0.1) is 16.3 Å². The highest BCUT2D eigenvalue weighted by Crippen LogP contribution is 2.41. The summed E-state index contributed by atoms with van der Waals surface area (Å²) in [6.07, 6.45) is 2.60. The third kappa shape index (κ3) is 4.31. The first-order chi connectivity index (χ1) is 15.6. The summed E-state index contributed by atoms with van der Waals surface area (Å²) in [5.41, 5.74) is 1.24. The van der Waals surface area contributed by atoms with Crippen LogP contribution < -0.4 is 9.80 Å². The number of nitrogens with zero attached hydrogens (tertiary/aromatic N) is 5. The Morgan fingerprint density at radius 3 is 2.30 bits per heavy atom. The molecule has 4 rings (SSSR count). The molecule has 1 aromatic rings. The van der Waals surface area contributed by atoms with Gasteiger partial charge in [-0.15, -0.1) is 0 Å². The van der Waals surface area contributed by atoms with Crippen molar-refractivity contribution in [1.29, 1.82) is 0 Å². The molecule has 0 bridgehead atoms. The lowest BCUT2D eigenvalue weighted by Crippen LogP contribution is -2.58. The summed E-state index contributed by atoms with van der Waals surface area (Å²) in [6.45, 7) is 3.84. The third-order valence-corrected chi connectivity index (χ3v) is 8.56. The standard InChI is InChI=1S/C22H31N5O5S/c1-16(28)24-10-12-25(13-11-24)21(29)15-27-20-14-17(33(31,32)23(2)3)7-8-18(20)26-9-5-4-6-19(26)22(27)30/h7-8,14,19H,4-6,9-13,15H2,1-3H3/t19-/m0/s1. The van der Waals surface area contributed by atoms with Crippen LogP contribution in [0.2, 0.25) is 0 Å². The lowest BCUT2D eigenvalue weighted by molar-refractivity contribution is -0.138. The zero-order valence-electron chi connectivity index (χ0n) is 19.4. The maximum Gasteiger partial charge on any atom is 0.250 e. The summed E-state index contributed by atoms with van der Waals surface area (Å²) in [7, 11) is -0.778. The average molecular weight is 478 g/mol. The monoisotopic (exact) mass is 477 g/mol. The van der Waals surface area contributed by atoms with Gasteiger partial charge in [-0.1, -0.05) is 0 Å². The van der Waals surface area contributed by atoms with Crippen molar-refractivity contribution >= 4 is 39.1 Å². The fourth-order valence-corrected chi connectivity index (χ4v) is 5.70. The molecule has 0 spiro atoms. The van der Waals surface area contributed by atoms with Crippen molar-refractivity contribution in [3.63, 3.8) is 0 Å². The molecule has 3 aliphatic rings. The second-order valence-electron chi connectivity index (χ2n) is 8.95. The van der Waals surface area contributed by atoms with E-state index in [0.717, 1.165) is 29.4 Å². The Morgan fingerprint density at radius 2 is 1.67 bits per heavy atom. The molecule has 1 aromatic carbocycles. The third-order valence-electron chi connectivity index (χ3n) is 6.75. The largest absolute Gasteiger partial charge is 0.358 e. The van der Waals surface area contributed by atoms with Crippen molar-refractivity contribution in [3.8, 4) is 0 Å². The zero-order valence-corrected chi connectivity index (χ0v) is 20.2. The van der Waals surface area contributed by atoms with E-state index in [1.807, 2.05) is 4.90 Å². The molecule has 0 aromatic heterocycles. The van der Waals surface area contributed by atoms with Gasteiger partial charge in [0.15, 0.2) is 0 Å². The van der Waals surface area contributed by atoms with Gasteiger partial charge in [0.25, 0.3) is 0 Å². The van der Waals surface area contributed by atoms with Crippen molar-refractivity contribution < 1.29 is 22.8 Å². The van der Waals surface area contributed by atoms with Crippen molar-refractivity contribution in [2.45, 2.75) is 37.1 Å². The van der Waals surface area contributed by atoms with Crippen LogP contribution in [-0.4, -0.2) is 99.7 Å². The van der Waals surface area contributed by atoms with Gasteiger partial charge in [-0.2, -0.15) is 0 Å². The number of sulfonamides is 1. The Labute approximate surface area is 194 Å². The van der Waals surface area contributed by atoms with Gasteiger partial charge in [0.1, 0.15) is 12.6 Å². The van der Waals surface area contributed by atoms with Crippen molar-refractivity contribution in [2.24, 2.45) is 0 Å². The van der Waals surface area contributed by atoms with E-state index in [9.17, 15) is 22.8 Å². The lowest BCUT2D eigenvalue weighted by atomic mass is 9.96. The Balaban J connectivity index is 1.65. The molecule has 3 aliphatic heterocycles. The van der Waals surface area contributed by atoms with Gasteiger partial charge in [0, 0.05) is 53.7 Å². The van der Waals surface area contributed by atoms with Crippen molar-refractivity contribution in [1.82, 2.24) is 14.1 Å². The molecule has 0 N–H and O–H groups in total. The smallest absolute Gasteiger partial charge is 0.250 e. The summed E-state index contributed by atoms with van der Waals surface area (Å²) >= 11 is 0. The van der Waals surface area contributed by atoms with Crippen LogP contribution in [0.3, 0.4) is 0 Å². The van der Waals surface area contributed by atoms with E-state index >= 15 is 0 Å². The van der Waals surface area contributed by atoms with Crippen LogP contribution in [0.5, 0.6) is 0 Å². The lowest BCUT2D eigenvalue weighted by Gasteiger charge is -2.45. The number of carbonyl (C=O) groups excluding carboxylic acids is 3. The number of rotatable bonds is 4. The number of piperazine rings is 1. The van der Waals surface area contributed by atoms with Gasteiger partial charge in [-0.25, -0.2) is 12.7 Å². The Hall–Kier alpha value is -2.66. The molecular formula is C22H31N5O5S. The topological polar surface area (TPSA) is 102 Å². The minimum absolute atomic E-state index is 0.0192. The van der Waals surface area contributed by atoms with Gasteiger partial charge in [-0.3, -0.25) is 19.3 Å². The number of hydrogen-bond acceptors (Lipinski definition) is 6. The minimum Gasteiger partial charge on any atom is -0.358 e. The highest BCUT2D eigenvalue weighted by Gasteiger charge is 2.41. The van der Waals surface area contributed by atoms with Crippen LogP contribution in [0.15, 0.2) is 23.1 Å². The number of fused-ring (bicyclic) bond motifs is 3. The second-order valence-corrected chi connectivity index (χ2v) is 11.1. The van der Waals surface area contributed by atoms with Crippen LogP contribution in [0.25, 0.3) is 0 Å². The molecule has 10 nitrogen and oxygen atoms in total. The molecule has 180 valence electrons. The number of benzene rings is 1. The van der Waals surface area contributed by atoms with Gasteiger partial charge >= 0.3 is 0 Å². The molecular weight excluding hydrogens is 446 g/mol. The molecule has 2 saturated heterocycles. The maximum atomic E-state index is 13.5. The van der Waals surface area contributed by atoms with E-state index in [4.69, 9.17) is 0 Å². The van der Waals surface area contributed by atoms with E-state index in [0.29, 0.717) is 38.3 Å². The first kappa shape index (κ1) is 23.5. The normalized spacial score (nSPS) is 21.2. The van der Waals surface area contributed by atoms with Crippen LogP contribution in [0.4, 0.5) is 11.4 Å². The molecule has 33 heavy (non-hydrogen) atoms. The predicted octanol–water partition coefficient (Wildman–Crippen LogP) is 0.333. The van der Waals surface area contributed by atoms with Crippen LogP contribution in [0.1, 0.15) is 26.2 Å². The van der Waals surface area contributed by atoms with Crippen molar-refractivity contribution in [3.05, 3.63) is 18.2 Å². The molecule has 2 fully saturated rings. The second kappa shape index (κ2) is 8.94. The van der Waals surface area contributed by atoms with Gasteiger partial charge in [0.2, 0.25) is 27.7 Å². The molecule has 0 saturated carbocycles. The van der Waals surface area contributed by atoms with Crippen LogP contribution in [0, 0.1) is 0 Å². The molecule has 3 amide bonds. The van der Waals surface area contributed by atoms with E-state index in [-0.39, 0.29) is 35.2 Å². The van der Waals surface area contributed by atoms with Crippen molar-refractivity contribution in [2.75, 3.05) is 63.2 Å². The number of carbonyl (C=O) groups is 3. The van der Waals surface area contributed by atoms with E-state index in [2.05, 4.69) is 0 Å². The molecule has 3 heterocycles. The summed E-state index contributed by atoms with van der Waals surface area (Å²) in [6, 6.07) is 4.48. The SMILES string of the molecule is CC(=O)N1CCN(C(=O)CN2C(=O)[C@@H]3CCCCN3c3ccc(S(=O)(=O)N(C)C)cc32)CC1. The Kier molecular flexibility index (Phi) is 6.37. The Morgan fingerprint density at radius 1 is 1.00 bits per heavy atom. The Bertz CT molecular complexity index is 1060. The zero-order chi connectivity index (χ0) is 23.9. The summed E-state index contributed by atoms with van der Waals surface area (Å²) in [5, 5.41) is 0. The van der Waals surface area contributed by atoms with Crippen LogP contribution >= 0.6 is 0 Å². The quantitative estimate of drug-likeness (QED) is 0.620. The fraction of sp³-hybridized carbons (Fsp3) is 0.591. The highest BCUT2D eigenvalue weighted by molar-refractivity contribution is 7.89. The summed E-state index contributed by atoms with van der Waals surface area (Å²) in [5.74, 6) is -0.394. The number of anilines is 2. The van der Waals surface area contributed by atoms with E-state index < -0.39 is 10.0 Å². The maximum absolute atomic E-state index is 13.5. The molecule has 1 atom stereocenters. The molecule has 0 unspecified atom stereocenters. The molecule has 0 radical (unpaired) electrons. The molecule has 11 heteroatoms. The van der Waals surface area contributed by atoms with E-state index in [1.165, 1.54) is 32.0 Å². The number of hydrogen-bond donors (Lipinski definition) is 0. The fourth-order valence-electron chi connectivity index (χ4n) is 4.78. The predicted molar refractivity (Wildman–Crippen MR) is 123 cm³/mol. The molecule has 0 aliphatic carbocycles. The summed E-state index contributed by atoms with van der Waals surface area (Å²) in [4.78, 5) is 45.1. The first-order valence-corrected chi connectivity index (χ1v) is 12.7. The van der Waals surface area contributed by atoms with Crippen LogP contribution in [-0.2, 0) is 24.4 Å². The van der Waals surface area contributed by atoms with Gasteiger partial charge < -0.3 is 14.7 Å². The minimum atomic E-state index is -3.70. The summed E-state index contributed by atoms with van der Waals surface area (Å²) < 4.78 is 26.6. The van der Waals surface area contributed by atoms with E-state index in [1.54, 1.807) is 21.9 Å². The first-order valence-electron chi connectivity index (χ1n) is 11.3. The number of piperidine rings is 1. The van der Waals surface area contributed by atoms with Gasteiger partial charge in [-0.05, 0) is 37.5 Å². The highest BCUT2D eigenvalue weighted by atomic mass is 32.2. The number of amides is 3.